The molecule has 0 aromatic carbocycles. The molecule has 0 bridgehead atoms. The van der Waals surface area contributed by atoms with E-state index in [9.17, 15) is 20.9 Å². The number of halogens is 5. The van der Waals surface area contributed by atoms with Gasteiger partial charge in [-0.25, -0.2) is 0 Å². The van der Waals surface area contributed by atoms with Crippen LogP contribution in [0.5, 0.6) is 0 Å². The summed E-state index contributed by atoms with van der Waals surface area (Å²) in [7, 11) is 0. The maximum absolute atomic E-state index is 10.7. The normalized spacial score (nSPS) is 12.2. The average Bonchev–Trinajstić information content (AvgIpc) is 1.21. The van der Waals surface area contributed by atoms with Gasteiger partial charge in [-0.05, 0) is 0 Å². The third-order valence-corrected chi connectivity index (χ3v) is 0.518. The van der Waals surface area contributed by atoms with Gasteiger partial charge < -0.3 is 0 Å². The van der Waals surface area contributed by atoms with Crippen molar-refractivity contribution in [1.82, 2.24) is 0 Å². The molecule has 0 rings (SSSR count). The molecular weight excluding hydrogens is 153 g/mol. The van der Waals surface area contributed by atoms with Crippen molar-refractivity contribution < 1.29 is 20.9 Å². The maximum atomic E-state index is 10.7. The molecular formula is CF5NS. The van der Waals surface area contributed by atoms with E-state index in [-0.39, 0.29) is 0 Å². The fourth-order valence-corrected chi connectivity index (χ4v) is 0.235. The molecule has 0 aliphatic heterocycles. The fraction of sp³-hybridized carbons (Fsp3) is 1.00. The highest BCUT2D eigenvalue weighted by molar-refractivity contribution is 7.76. The quantitative estimate of drug-likeness (QED) is 0.373. The Labute approximate surface area is 44.2 Å². The second kappa shape index (κ2) is 2.38. The van der Waals surface area contributed by atoms with Crippen molar-refractivity contribution in [3.05, 3.63) is 0 Å². The number of alkyl halides is 3. The van der Waals surface area contributed by atoms with Crippen LogP contribution in [0.4, 0.5) is 20.9 Å². The molecule has 0 atom stereocenters. The number of hydrogen-bond acceptors (Lipinski definition) is 1. The summed E-state index contributed by atoms with van der Waals surface area (Å²) < 4.78 is 54.4. The molecule has 0 saturated heterocycles. The van der Waals surface area contributed by atoms with Crippen molar-refractivity contribution in [3.8, 4) is 0 Å². The Morgan fingerprint density at radius 1 is 1.12 bits per heavy atom. The van der Waals surface area contributed by atoms with E-state index in [1.165, 1.54) is 0 Å². The third kappa shape index (κ3) is 5.80. The summed E-state index contributed by atoms with van der Waals surface area (Å²) in [5.74, 6) is 0. The van der Waals surface area contributed by atoms with Crippen molar-refractivity contribution in [2.24, 2.45) is 4.36 Å². The van der Waals surface area contributed by atoms with Crippen LogP contribution in [0.3, 0.4) is 0 Å². The van der Waals surface area contributed by atoms with E-state index in [0.717, 1.165) is 4.36 Å². The molecule has 0 amide bonds. The summed E-state index contributed by atoms with van der Waals surface area (Å²) in [5, 5.41) is 0. The van der Waals surface area contributed by atoms with Gasteiger partial charge in [0.05, 0.1) is 0 Å². The van der Waals surface area contributed by atoms with Crippen molar-refractivity contribution in [2.45, 2.75) is 6.30 Å². The van der Waals surface area contributed by atoms with E-state index >= 15 is 0 Å². The van der Waals surface area contributed by atoms with Gasteiger partial charge >= 0.3 is 6.30 Å². The Kier molecular flexibility index (Phi) is 2.32. The summed E-state index contributed by atoms with van der Waals surface area (Å²) in [6.07, 6.45) is -5.09. The van der Waals surface area contributed by atoms with E-state index in [4.69, 9.17) is 0 Å². The van der Waals surface area contributed by atoms with E-state index in [1.54, 1.807) is 0 Å². The van der Waals surface area contributed by atoms with Gasteiger partial charge in [-0.3, -0.25) is 0 Å². The molecule has 0 spiro atoms. The molecule has 8 heavy (non-hydrogen) atoms. The van der Waals surface area contributed by atoms with Crippen LogP contribution in [0, 0.1) is 0 Å². The van der Waals surface area contributed by atoms with Crippen LogP contribution in [-0.4, -0.2) is 6.30 Å². The molecule has 0 aliphatic carbocycles. The minimum Gasteiger partial charge on any atom is -0.148 e. The van der Waals surface area contributed by atoms with Gasteiger partial charge in [0.2, 0.25) is 0 Å². The first-order chi connectivity index (χ1) is 3.42. The lowest BCUT2D eigenvalue weighted by Gasteiger charge is -1.92. The molecule has 7 heteroatoms. The Morgan fingerprint density at radius 3 is 1.50 bits per heavy atom. The first-order valence-electron chi connectivity index (χ1n) is 1.28. The monoisotopic (exact) mass is 153 g/mol. The highest BCUT2D eigenvalue weighted by Crippen LogP contribution is 2.18. The Balaban J connectivity index is 3.89. The molecule has 1 nitrogen and oxygen atoms in total. The molecule has 0 aromatic rings. The molecule has 0 heterocycles. The summed E-state index contributed by atoms with van der Waals surface area (Å²) in [6.45, 7) is 0. The lowest BCUT2D eigenvalue weighted by molar-refractivity contribution is -0.117. The zero-order valence-corrected chi connectivity index (χ0v) is 4.06. The van der Waals surface area contributed by atoms with E-state index in [1.807, 2.05) is 0 Å². The Hall–Kier alpha value is -0.200. The Bertz CT molecular complexity index is 99.5. The SMILES string of the molecule is FS(F)=NC(F)(F)F. The first kappa shape index (κ1) is 7.80. The van der Waals surface area contributed by atoms with Crippen molar-refractivity contribution in [3.63, 3.8) is 0 Å². The van der Waals surface area contributed by atoms with Crippen LogP contribution in [0.25, 0.3) is 0 Å². The second-order valence-electron chi connectivity index (χ2n) is 0.755. The summed E-state index contributed by atoms with van der Waals surface area (Å²) in [5.41, 5.74) is 0. The van der Waals surface area contributed by atoms with Crippen LogP contribution in [0.1, 0.15) is 0 Å². The largest absolute Gasteiger partial charge is 0.513 e. The zero-order valence-electron chi connectivity index (χ0n) is 3.25. The standard InChI is InChI=1S/CF5NS/c2-1(3,4)7-8(5)6. The van der Waals surface area contributed by atoms with Gasteiger partial charge in [-0.2, -0.15) is 0 Å². The molecule has 0 fully saturated rings. The van der Waals surface area contributed by atoms with Gasteiger partial charge in [-0.1, -0.05) is 0 Å². The molecule has 0 N–H and O–H groups in total. The topological polar surface area (TPSA) is 12.4 Å². The maximum Gasteiger partial charge on any atom is 0.513 e. The predicted octanol–water partition coefficient (Wildman–Crippen LogP) is 2.08. The summed E-state index contributed by atoms with van der Waals surface area (Å²) >= 11 is -3.89. The number of nitrogens with zero attached hydrogens (tertiary/aromatic N) is 1. The second-order valence-corrected chi connectivity index (χ2v) is 1.33. The number of rotatable bonds is 0. The zero-order chi connectivity index (χ0) is 6.78. The summed E-state index contributed by atoms with van der Waals surface area (Å²) in [4.78, 5) is 0. The van der Waals surface area contributed by atoms with Crippen LogP contribution in [-0.2, 0) is 11.5 Å². The molecule has 50 valence electrons. The third-order valence-electron chi connectivity index (χ3n) is 0.173. The first-order valence-corrected chi connectivity index (χ1v) is 2.26. The summed E-state index contributed by atoms with van der Waals surface area (Å²) in [6, 6.07) is 0. The van der Waals surface area contributed by atoms with Crippen LogP contribution in [0.2, 0.25) is 0 Å². The van der Waals surface area contributed by atoms with Crippen LogP contribution >= 0.6 is 0 Å². The Morgan fingerprint density at radius 2 is 1.50 bits per heavy atom. The van der Waals surface area contributed by atoms with Gasteiger partial charge in [0.1, 0.15) is 0 Å². The highest BCUT2D eigenvalue weighted by atomic mass is 32.2. The molecule has 0 aromatic heterocycles. The minimum atomic E-state index is -5.09. The van der Waals surface area contributed by atoms with Crippen LogP contribution in [0.15, 0.2) is 4.36 Å². The number of hydrogen-bond donors (Lipinski definition) is 0. The van der Waals surface area contributed by atoms with E-state index < -0.39 is 17.8 Å². The predicted molar refractivity (Wildman–Crippen MR) is 18.1 cm³/mol. The molecule has 0 saturated carbocycles. The lowest BCUT2D eigenvalue weighted by Crippen LogP contribution is -2.01. The van der Waals surface area contributed by atoms with Gasteiger partial charge in [0.25, 0.3) is 11.5 Å². The fourth-order valence-electron chi connectivity index (χ4n) is 0.0782. The average molecular weight is 153 g/mol. The smallest absolute Gasteiger partial charge is 0.148 e. The van der Waals surface area contributed by atoms with Gasteiger partial charge in [0.15, 0.2) is 0 Å². The lowest BCUT2D eigenvalue weighted by atomic mass is 11.3. The highest BCUT2D eigenvalue weighted by Gasteiger charge is 2.27. The molecule has 0 radical (unpaired) electrons. The minimum absolute atomic E-state index is 1.10. The van der Waals surface area contributed by atoms with E-state index in [2.05, 4.69) is 0 Å². The van der Waals surface area contributed by atoms with E-state index in [0.29, 0.717) is 0 Å². The van der Waals surface area contributed by atoms with Crippen molar-refractivity contribution >= 4 is 11.5 Å². The van der Waals surface area contributed by atoms with Crippen molar-refractivity contribution in [2.75, 3.05) is 0 Å². The van der Waals surface area contributed by atoms with Crippen LogP contribution < -0.4 is 0 Å². The van der Waals surface area contributed by atoms with Crippen molar-refractivity contribution in [1.29, 1.82) is 0 Å². The molecule has 0 unspecified atom stereocenters. The van der Waals surface area contributed by atoms with Gasteiger partial charge in [-0.15, -0.1) is 25.3 Å². The van der Waals surface area contributed by atoms with Gasteiger partial charge in [0, 0.05) is 0 Å². The molecule has 0 aliphatic rings.